The molecule has 1 aliphatic rings. The number of nitrogens with two attached hydrogens (primary N) is 1. The maximum Gasteiger partial charge on any atom is 0.248 e. The molecule has 3 heterocycles. The Labute approximate surface area is 176 Å². The van der Waals surface area contributed by atoms with E-state index >= 15 is 0 Å². The Morgan fingerprint density at radius 2 is 1.94 bits per heavy atom. The number of morpholine rings is 1. The van der Waals surface area contributed by atoms with Crippen molar-refractivity contribution in [1.82, 2.24) is 19.7 Å². The van der Waals surface area contributed by atoms with Gasteiger partial charge in [-0.3, -0.25) is 4.79 Å². The molecule has 0 saturated carbocycles. The zero-order valence-corrected chi connectivity index (χ0v) is 17.0. The first kappa shape index (κ1) is 20.7. The summed E-state index contributed by atoms with van der Waals surface area (Å²) in [6, 6.07) is 7.06. The van der Waals surface area contributed by atoms with E-state index in [0.717, 1.165) is 23.5 Å². The van der Waals surface area contributed by atoms with Crippen LogP contribution in [0.2, 0.25) is 0 Å². The zero-order valence-electron chi connectivity index (χ0n) is 17.0. The van der Waals surface area contributed by atoms with E-state index in [4.69, 9.17) is 10.5 Å². The molecule has 11 heteroatoms. The van der Waals surface area contributed by atoms with E-state index in [1.54, 1.807) is 10.7 Å². The third kappa shape index (κ3) is 4.45. The number of aromatic nitrogens is 4. The summed E-state index contributed by atoms with van der Waals surface area (Å²) in [5.74, 6) is -1.35. The lowest BCUT2D eigenvalue weighted by Gasteiger charge is -2.32. The molecule has 162 valence electrons. The topological polar surface area (TPSA) is 111 Å². The summed E-state index contributed by atoms with van der Waals surface area (Å²) >= 11 is 0. The Morgan fingerprint density at radius 3 is 2.61 bits per heavy atom. The number of carbonyl (C=O) groups is 1. The number of hydrogen-bond acceptors (Lipinski definition) is 7. The summed E-state index contributed by atoms with van der Waals surface area (Å²) in [5.41, 5.74) is 7.35. The maximum absolute atomic E-state index is 13.6. The molecule has 3 aromatic rings. The summed E-state index contributed by atoms with van der Waals surface area (Å²) in [4.78, 5) is 22.4. The molecular formula is C20H21F2N7O2. The molecule has 4 rings (SSSR count). The van der Waals surface area contributed by atoms with Gasteiger partial charge in [0.2, 0.25) is 11.9 Å². The van der Waals surface area contributed by atoms with Crippen LogP contribution < -0.4 is 16.0 Å². The van der Waals surface area contributed by atoms with Crippen LogP contribution in [0.1, 0.15) is 11.4 Å². The minimum Gasteiger partial charge on any atom is -0.367 e. The van der Waals surface area contributed by atoms with Crippen LogP contribution in [-0.2, 0) is 9.53 Å². The van der Waals surface area contributed by atoms with Crippen LogP contribution in [0.25, 0.3) is 5.82 Å². The Bertz CT molecular complexity index is 1130. The monoisotopic (exact) mass is 429 g/mol. The van der Waals surface area contributed by atoms with E-state index in [2.05, 4.69) is 20.4 Å². The average Bonchev–Trinajstić information content (AvgIpc) is 3.08. The largest absolute Gasteiger partial charge is 0.367 e. The van der Waals surface area contributed by atoms with Crippen LogP contribution in [-0.4, -0.2) is 51.5 Å². The van der Waals surface area contributed by atoms with Gasteiger partial charge in [0, 0.05) is 30.1 Å². The number of ether oxygens (including phenoxy) is 1. The highest BCUT2D eigenvalue weighted by Crippen LogP contribution is 2.24. The van der Waals surface area contributed by atoms with Crippen molar-refractivity contribution in [3.8, 4) is 5.82 Å². The summed E-state index contributed by atoms with van der Waals surface area (Å²) < 4.78 is 34.0. The minimum absolute atomic E-state index is 0.160. The molecule has 1 unspecified atom stereocenters. The fourth-order valence-corrected chi connectivity index (χ4v) is 3.34. The fraction of sp³-hybridized carbons (Fsp3) is 0.300. The first-order valence-electron chi connectivity index (χ1n) is 9.61. The second kappa shape index (κ2) is 8.26. The van der Waals surface area contributed by atoms with Crippen LogP contribution >= 0.6 is 0 Å². The number of rotatable bonds is 5. The molecule has 0 spiro atoms. The van der Waals surface area contributed by atoms with Gasteiger partial charge in [-0.15, -0.1) is 0 Å². The predicted octanol–water partition coefficient (Wildman–Crippen LogP) is 1.99. The van der Waals surface area contributed by atoms with Crippen LogP contribution in [0, 0.1) is 25.5 Å². The zero-order chi connectivity index (χ0) is 22.1. The van der Waals surface area contributed by atoms with Gasteiger partial charge in [0.25, 0.3) is 0 Å². The van der Waals surface area contributed by atoms with E-state index in [-0.39, 0.29) is 18.2 Å². The van der Waals surface area contributed by atoms with E-state index in [1.165, 1.54) is 6.07 Å². The molecule has 0 radical (unpaired) electrons. The molecule has 9 nitrogen and oxygen atoms in total. The van der Waals surface area contributed by atoms with Crippen molar-refractivity contribution >= 4 is 23.4 Å². The lowest BCUT2D eigenvalue weighted by atomic mass is 10.2. The first-order valence-corrected chi connectivity index (χ1v) is 9.61. The minimum atomic E-state index is -0.989. The van der Waals surface area contributed by atoms with Crippen molar-refractivity contribution in [2.45, 2.75) is 20.0 Å². The Balaban J connectivity index is 1.74. The second-order valence-electron chi connectivity index (χ2n) is 7.21. The first-order chi connectivity index (χ1) is 14.8. The SMILES string of the molecule is Cc1cc(C)n(-c2cc(N3CCOC(C(N)=O)C3)nc(Nc3ccc(F)c(F)c3)n2)n1. The van der Waals surface area contributed by atoms with Crippen molar-refractivity contribution < 1.29 is 18.3 Å². The highest BCUT2D eigenvalue weighted by Gasteiger charge is 2.26. The number of carbonyl (C=O) groups excluding carboxylic acids is 1. The summed E-state index contributed by atoms with van der Waals surface area (Å²) in [5, 5.41) is 7.36. The fourth-order valence-electron chi connectivity index (χ4n) is 3.34. The van der Waals surface area contributed by atoms with Crippen LogP contribution in [0.15, 0.2) is 30.3 Å². The summed E-state index contributed by atoms with van der Waals surface area (Å²) in [6.07, 6.45) is -0.761. The normalized spacial score (nSPS) is 16.4. The van der Waals surface area contributed by atoms with Gasteiger partial charge in [0.05, 0.1) is 18.8 Å². The molecule has 0 bridgehead atoms. The molecular weight excluding hydrogens is 408 g/mol. The van der Waals surface area contributed by atoms with Crippen LogP contribution in [0.3, 0.4) is 0 Å². The third-order valence-corrected chi connectivity index (χ3v) is 4.81. The van der Waals surface area contributed by atoms with Crippen LogP contribution in [0.4, 0.5) is 26.2 Å². The van der Waals surface area contributed by atoms with Gasteiger partial charge in [0.15, 0.2) is 23.6 Å². The lowest BCUT2D eigenvalue weighted by molar-refractivity contribution is -0.130. The molecule has 31 heavy (non-hydrogen) atoms. The van der Waals surface area contributed by atoms with Crippen molar-refractivity contribution in [2.24, 2.45) is 5.73 Å². The van der Waals surface area contributed by atoms with Gasteiger partial charge in [-0.05, 0) is 32.0 Å². The number of halogens is 2. The number of aryl methyl sites for hydroxylation is 2. The van der Waals surface area contributed by atoms with E-state index in [0.29, 0.717) is 24.8 Å². The van der Waals surface area contributed by atoms with Gasteiger partial charge >= 0.3 is 0 Å². The lowest BCUT2D eigenvalue weighted by Crippen LogP contribution is -2.48. The van der Waals surface area contributed by atoms with E-state index in [1.807, 2.05) is 24.8 Å². The van der Waals surface area contributed by atoms with Gasteiger partial charge in [0.1, 0.15) is 5.82 Å². The quantitative estimate of drug-likeness (QED) is 0.638. The van der Waals surface area contributed by atoms with Gasteiger partial charge < -0.3 is 20.7 Å². The number of primary amides is 1. The second-order valence-corrected chi connectivity index (χ2v) is 7.21. The molecule has 1 aromatic carbocycles. The molecule has 2 aromatic heterocycles. The van der Waals surface area contributed by atoms with Gasteiger partial charge in [-0.25, -0.2) is 13.5 Å². The molecule has 0 aliphatic carbocycles. The highest BCUT2D eigenvalue weighted by molar-refractivity contribution is 5.79. The summed E-state index contributed by atoms with van der Waals surface area (Å²) in [7, 11) is 0. The number of anilines is 3. The Morgan fingerprint density at radius 1 is 1.16 bits per heavy atom. The van der Waals surface area contributed by atoms with E-state index < -0.39 is 23.6 Å². The maximum atomic E-state index is 13.6. The van der Waals surface area contributed by atoms with Gasteiger partial charge in [-0.2, -0.15) is 15.1 Å². The number of nitrogens with one attached hydrogen (secondary N) is 1. The number of nitrogens with zero attached hydrogens (tertiary/aromatic N) is 5. The number of hydrogen-bond donors (Lipinski definition) is 2. The van der Waals surface area contributed by atoms with Crippen molar-refractivity contribution in [1.29, 1.82) is 0 Å². The van der Waals surface area contributed by atoms with Crippen LogP contribution in [0.5, 0.6) is 0 Å². The molecule has 1 amide bonds. The molecule has 1 atom stereocenters. The number of amides is 1. The molecule has 3 N–H and O–H groups in total. The summed E-state index contributed by atoms with van der Waals surface area (Å²) in [6.45, 7) is 4.78. The molecule has 1 saturated heterocycles. The molecule has 1 fully saturated rings. The highest BCUT2D eigenvalue weighted by atomic mass is 19.2. The van der Waals surface area contributed by atoms with Crippen molar-refractivity contribution in [3.05, 3.63) is 53.4 Å². The van der Waals surface area contributed by atoms with Crippen molar-refractivity contribution in [3.63, 3.8) is 0 Å². The number of benzene rings is 1. The smallest absolute Gasteiger partial charge is 0.248 e. The van der Waals surface area contributed by atoms with Gasteiger partial charge in [-0.1, -0.05) is 0 Å². The van der Waals surface area contributed by atoms with E-state index in [9.17, 15) is 13.6 Å². The third-order valence-electron chi connectivity index (χ3n) is 4.81. The van der Waals surface area contributed by atoms with Crippen molar-refractivity contribution in [2.75, 3.05) is 29.9 Å². The average molecular weight is 429 g/mol. The molecule has 1 aliphatic heterocycles. The Hall–Kier alpha value is -3.60. The Kier molecular flexibility index (Phi) is 5.51. The predicted molar refractivity (Wildman–Crippen MR) is 109 cm³/mol. The standard InChI is InChI=1S/C20H21F2N7O2/c1-11-7-12(2)29(27-11)18-9-17(28-5-6-31-16(10-28)19(23)30)25-20(26-18)24-13-3-4-14(21)15(22)8-13/h3-4,7-9,16H,5-6,10H2,1-2H3,(H2,23,30)(H,24,25,26).